The fraction of sp³-hybridized carbons (Fsp3) is 0.143. The molecule has 4 N–H and O–H groups in total. The zero-order chi connectivity index (χ0) is 8.97. The van der Waals surface area contributed by atoms with Crippen LogP contribution >= 0.6 is 0 Å². The van der Waals surface area contributed by atoms with Gasteiger partial charge in [-0.1, -0.05) is 30.3 Å². The third-order valence-electron chi connectivity index (χ3n) is 1.39. The van der Waals surface area contributed by atoms with Crippen LogP contribution < -0.4 is 10.5 Å². The summed E-state index contributed by atoms with van der Waals surface area (Å²) in [7, 11) is 0. The monoisotopic (exact) mass is 186 g/mol. The molecule has 0 saturated carbocycles. The van der Waals surface area contributed by atoms with Crippen LogP contribution in [-0.4, -0.2) is 8.76 Å². The lowest BCUT2D eigenvalue weighted by atomic mass is 10.2. The normalized spacial score (nSPS) is 15.5. The predicted molar refractivity (Wildman–Crippen MR) is 47.3 cm³/mol. The molecule has 2 unspecified atom stereocenters. The maximum absolute atomic E-state index is 10.3. The fourth-order valence-electron chi connectivity index (χ4n) is 0.837. The number of nitrogens with two attached hydrogens (primary N) is 1. The van der Waals surface area contributed by atoms with Crippen LogP contribution in [-0.2, 0) is 11.3 Å². The lowest BCUT2D eigenvalue weighted by molar-refractivity contribution is 0.531. The van der Waals surface area contributed by atoms with Crippen molar-refractivity contribution in [1.29, 1.82) is 0 Å². The van der Waals surface area contributed by atoms with E-state index in [1.165, 1.54) is 0 Å². The molecule has 0 amide bonds. The molecule has 1 rings (SSSR count). The van der Waals surface area contributed by atoms with Crippen LogP contribution in [0.5, 0.6) is 0 Å². The molecule has 0 aliphatic rings. The second-order valence-corrected chi connectivity index (χ2v) is 2.99. The first-order valence-electron chi connectivity index (χ1n) is 3.37. The van der Waals surface area contributed by atoms with Crippen LogP contribution in [0.25, 0.3) is 0 Å². The first-order valence-corrected chi connectivity index (χ1v) is 4.48. The van der Waals surface area contributed by atoms with Crippen molar-refractivity contribution in [1.82, 2.24) is 4.72 Å². The molecule has 0 aliphatic carbocycles. The quantitative estimate of drug-likeness (QED) is 0.471. The molecule has 66 valence electrons. The summed E-state index contributed by atoms with van der Waals surface area (Å²) < 4.78 is 21.0. The molecule has 0 aromatic heterocycles. The van der Waals surface area contributed by atoms with E-state index in [-0.39, 0.29) is 0 Å². The number of hydrogen-bond donors (Lipinski definition) is 3. The van der Waals surface area contributed by atoms with E-state index in [0.717, 1.165) is 5.56 Å². The molecular formula is C7H10N2O2S. The maximum atomic E-state index is 10.3. The number of nitrogens with one attached hydrogen (secondary N) is 1. The number of hydrogen-bond acceptors (Lipinski definition) is 2. The van der Waals surface area contributed by atoms with Crippen LogP contribution in [0.2, 0.25) is 0 Å². The van der Waals surface area contributed by atoms with Crippen LogP contribution in [0.4, 0.5) is 0 Å². The minimum atomic E-state index is -2.07. The first-order chi connectivity index (χ1) is 5.70. The van der Waals surface area contributed by atoms with Crippen LogP contribution in [0, 0.1) is 0 Å². The van der Waals surface area contributed by atoms with Gasteiger partial charge in [0, 0.05) is 0 Å². The summed E-state index contributed by atoms with van der Waals surface area (Å²) >= 11 is -2.07. The summed E-state index contributed by atoms with van der Waals surface area (Å²) in [6.07, 6.45) is -0.600. The van der Waals surface area contributed by atoms with Gasteiger partial charge in [0.2, 0.25) is 11.3 Å². The molecule has 4 nitrogen and oxygen atoms in total. The van der Waals surface area contributed by atoms with E-state index >= 15 is 0 Å². The topological polar surface area (TPSA) is 75.3 Å². The number of benzene rings is 1. The van der Waals surface area contributed by atoms with Gasteiger partial charge >= 0.3 is 0 Å². The molecule has 0 bridgehead atoms. The van der Waals surface area contributed by atoms with Crippen molar-refractivity contribution in [2.45, 2.75) is 6.17 Å². The Morgan fingerprint density at radius 1 is 1.42 bits per heavy atom. The van der Waals surface area contributed by atoms with Gasteiger partial charge in [-0.25, -0.2) is 4.21 Å². The Hall–Kier alpha value is -0.750. The summed E-state index contributed by atoms with van der Waals surface area (Å²) in [6.45, 7) is 0. The first kappa shape index (κ1) is 9.34. The zero-order valence-corrected chi connectivity index (χ0v) is 7.12. The van der Waals surface area contributed by atoms with E-state index in [0.29, 0.717) is 0 Å². The van der Waals surface area contributed by atoms with E-state index in [9.17, 15) is 4.21 Å². The second kappa shape index (κ2) is 4.32. The van der Waals surface area contributed by atoms with Crippen LogP contribution in [0.3, 0.4) is 0 Å². The van der Waals surface area contributed by atoms with Crippen molar-refractivity contribution in [3.05, 3.63) is 35.9 Å². The minimum absolute atomic E-state index is 0.600. The lowest BCUT2D eigenvalue weighted by Crippen LogP contribution is -2.29. The Kier molecular flexibility index (Phi) is 3.36. The predicted octanol–water partition coefficient (Wildman–Crippen LogP) is 0.370. The second-order valence-electron chi connectivity index (χ2n) is 2.26. The van der Waals surface area contributed by atoms with Crippen molar-refractivity contribution in [2.75, 3.05) is 0 Å². The summed E-state index contributed by atoms with van der Waals surface area (Å²) in [6, 6.07) is 9.05. The molecule has 0 fully saturated rings. The molecule has 0 radical (unpaired) electrons. The van der Waals surface area contributed by atoms with E-state index in [1.54, 1.807) is 12.1 Å². The highest BCUT2D eigenvalue weighted by Crippen LogP contribution is 2.05. The van der Waals surface area contributed by atoms with Gasteiger partial charge in [0.05, 0.1) is 6.17 Å². The SMILES string of the molecule is NC(NS(=O)O)c1ccccc1. The highest BCUT2D eigenvalue weighted by molar-refractivity contribution is 7.77. The molecule has 0 heterocycles. The van der Waals surface area contributed by atoms with Gasteiger partial charge in [-0.05, 0) is 5.56 Å². The number of rotatable bonds is 3. The molecule has 2 atom stereocenters. The Morgan fingerprint density at radius 3 is 2.50 bits per heavy atom. The van der Waals surface area contributed by atoms with Gasteiger partial charge in [-0.2, -0.15) is 4.72 Å². The summed E-state index contributed by atoms with van der Waals surface area (Å²) in [5.74, 6) is 0. The Morgan fingerprint density at radius 2 is 2.00 bits per heavy atom. The van der Waals surface area contributed by atoms with Gasteiger partial charge in [-0.3, -0.25) is 4.55 Å². The van der Waals surface area contributed by atoms with Crippen LogP contribution in [0.15, 0.2) is 30.3 Å². The highest BCUT2D eigenvalue weighted by atomic mass is 32.2. The van der Waals surface area contributed by atoms with Gasteiger partial charge in [0.15, 0.2) is 0 Å². The summed E-state index contributed by atoms with van der Waals surface area (Å²) in [5, 5.41) is 0. The average molecular weight is 186 g/mol. The van der Waals surface area contributed by atoms with Gasteiger partial charge < -0.3 is 5.73 Å². The molecule has 0 aliphatic heterocycles. The fourth-order valence-corrected chi connectivity index (χ4v) is 1.19. The Labute approximate surface area is 73.2 Å². The molecule has 0 spiro atoms. The average Bonchev–Trinajstić information content (AvgIpc) is 2.05. The van der Waals surface area contributed by atoms with Gasteiger partial charge in [0.1, 0.15) is 0 Å². The van der Waals surface area contributed by atoms with Crippen molar-refractivity contribution in [2.24, 2.45) is 5.73 Å². The van der Waals surface area contributed by atoms with Crippen molar-refractivity contribution in [3.63, 3.8) is 0 Å². The summed E-state index contributed by atoms with van der Waals surface area (Å²) in [4.78, 5) is 0. The molecular weight excluding hydrogens is 176 g/mol. The third-order valence-corrected chi connectivity index (χ3v) is 1.84. The van der Waals surface area contributed by atoms with Gasteiger partial charge in [0.25, 0.3) is 0 Å². The Bertz CT molecular complexity index is 265. The van der Waals surface area contributed by atoms with E-state index in [4.69, 9.17) is 10.3 Å². The molecule has 5 heteroatoms. The molecule has 1 aromatic rings. The van der Waals surface area contributed by atoms with Gasteiger partial charge in [-0.15, -0.1) is 0 Å². The van der Waals surface area contributed by atoms with Crippen molar-refractivity contribution < 1.29 is 8.76 Å². The van der Waals surface area contributed by atoms with Crippen molar-refractivity contribution in [3.8, 4) is 0 Å². The lowest BCUT2D eigenvalue weighted by Gasteiger charge is -2.09. The minimum Gasteiger partial charge on any atom is -0.311 e. The largest absolute Gasteiger partial charge is 0.311 e. The van der Waals surface area contributed by atoms with E-state index < -0.39 is 17.4 Å². The molecule has 12 heavy (non-hydrogen) atoms. The maximum Gasteiger partial charge on any atom is 0.233 e. The van der Waals surface area contributed by atoms with E-state index in [1.807, 2.05) is 18.2 Å². The zero-order valence-electron chi connectivity index (χ0n) is 6.31. The van der Waals surface area contributed by atoms with E-state index in [2.05, 4.69) is 4.72 Å². The van der Waals surface area contributed by atoms with Crippen molar-refractivity contribution >= 4 is 11.3 Å². The smallest absolute Gasteiger partial charge is 0.233 e. The summed E-state index contributed by atoms with van der Waals surface area (Å²) in [5.41, 5.74) is 6.31. The third kappa shape index (κ3) is 2.71. The standard InChI is InChI=1S/C7H10N2O2S/c8-7(9-12(10)11)6-4-2-1-3-5-6/h1-5,7,9H,8H2,(H,10,11). The highest BCUT2D eigenvalue weighted by Gasteiger charge is 2.05. The Balaban J connectivity index is 2.65. The molecule has 0 saturated heterocycles. The van der Waals surface area contributed by atoms with Crippen LogP contribution in [0.1, 0.15) is 11.7 Å². The molecule has 1 aromatic carbocycles.